The number of hydrogen-bond acceptors (Lipinski definition) is 1. The molecule has 1 aromatic carbocycles. The van der Waals surface area contributed by atoms with Crippen LogP contribution in [0.25, 0.3) is 0 Å². The SMILES string of the molecule is CCC(C)(C)c1ccc(CCO)cc1. The monoisotopic (exact) mass is 192 g/mol. The van der Waals surface area contributed by atoms with Crippen molar-refractivity contribution in [3.05, 3.63) is 35.4 Å². The van der Waals surface area contributed by atoms with Gasteiger partial charge in [-0.25, -0.2) is 0 Å². The summed E-state index contributed by atoms with van der Waals surface area (Å²) in [7, 11) is 0. The van der Waals surface area contributed by atoms with Crippen LogP contribution in [-0.2, 0) is 11.8 Å². The van der Waals surface area contributed by atoms with Gasteiger partial charge in [0.25, 0.3) is 0 Å². The van der Waals surface area contributed by atoms with Crippen LogP contribution in [0.1, 0.15) is 38.3 Å². The Bertz CT molecular complexity index is 272. The highest BCUT2D eigenvalue weighted by atomic mass is 16.2. The summed E-state index contributed by atoms with van der Waals surface area (Å²) in [4.78, 5) is 0. The van der Waals surface area contributed by atoms with Gasteiger partial charge in [0.2, 0.25) is 0 Å². The summed E-state index contributed by atoms with van der Waals surface area (Å²) in [6, 6.07) is 8.58. The molecule has 0 aliphatic carbocycles. The second kappa shape index (κ2) is 4.61. The van der Waals surface area contributed by atoms with E-state index in [4.69, 9.17) is 5.11 Å². The second-order valence-corrected chi connectivity index (χ2v) is 4.41. The maximum atomic E-state index is 8.80. The van der Waals surface area contributed by atoms with E-state index in [0.717, 1.165) is 12.8 Å². The lowest BCUT2D eigenvalue weighted by Gasteiger charge is -2.23. The minimum absolute atomic E-state index is 0.233. The van der Waals surface area contributed by atoms with Crippen molar-refractivity contribution in [2.75, 3.05) is 6.61 Å². The third kappa shape index (κ3) is 2.58. The minimum Gasteiger partial charge on any atom is -0.396 e. The highest BCUT2D eigenvalue weighted by Crippen LogP contribution is 2.26. The van der Waals surface area contributed by atoms with Crippen LogP contribution in [0.5, 0.6) is 0 Å². The first kappa shape index (κ1) is 11.3. The number of aliphatic hydroxyl groups is 1. The van der Waals surface area contributed by atoms with E-state index in [1.54, 1.807) is 0 Å². The van der Waals surface area contributed by atoms with E-state index in [9.17, 15) is 0 Å². The standard InChI is InChI=1S/C13H20O/c1-4-13(2,3)12-7-5-11(6-8-12)9-10-14/h5-8,14H,4,9-10H2,1-3H3. The quantitative estimate of drug-likeness (QED) is 0.777. The third-order valence-electron chi connectivity index (χ3n) is 3.02. The molecule has 0 amide bonds. The van der Waals surface area contributed by atoms with E-state index in [0.29, 0.717) is 0 Å². The van der Waals surface area contributed by atoms with Gasteiger partial charge in [-0.1, -0.05) is 45.0 Å². The lowest BCUT2D eigenvalue weighted by molar-refractivity contribution is 0.299. The molecule has 1 aromatic rings. The Labute approximate surface area is 86.8 Å². The number of rotatable bonds is 4. The summed E-state index contributed by atoms with van der Waals surface area (Å²) >= 11 is 0. The van der Waals surface area contributed by atoms with Crippen molar-refractivity contribution in [3.8, 4) is 0 Å². The van der Waals surface area contributed by atoms with Gasteiger partial charge < -0.3 is 5.11 Å². The summed E-state index contributed by atoms with van der Waals surface area (Å²) in [6.45, 7) is 6.96. The fraction of sp³-hybridized carbons (Fsp3) is 0.538. The average molecular weight is 192 g/mol. The van der Waals surface area contributed by atoms with E-state index in [1.165, 1.54) is 11.1 Å². The molecule has 0 saturated heterocycles. The molecule has 0 unspecified atom stereocenters. The first-order valence-electron chi connectivity index (χ1n) is 5.30. The Kier molecular flexibility index (Phi) is 3.70. The van der Waals surface area contributed by atoms with Gasteiger partial charge >= 0.3 is 0 Å². The average Bonchev–Trinajstić information content (AvgIpc) is 2.19. The van der Waals surface area contributed by atoms with Crippen LogP contribution in [-0.4, -0.2) is 11.7 Å². The van der Waals surface area contributed by atoms with Crippen LogP contribution in [0.3, 0.4) is 0 Å². The Hall–Kier alpha value is -0.820. The molecule has 1 N–H and O–H groups in total. The summed E-state index contributed by atoms with van der Waals surface area (Å²) < 4.78 is 0. The van der Waals surface area contributed by atoms with E-state index >= 15 is 0 Å². The van der Waals surface area contributed by atoms with Crippen molar-refractivity contribution in [3.63, 3.8) is 0 Å². The molecule has 0 saturated carbocycles. The molecule has 0 radical (unpaired) electrons. The molecule has 0 fully saturated rings. The maximum Gasteiger partial charge on any atom is 0.0471 e. The molecular formula is C13H20O. The predicted octanol–water partition coefficient (Wildman–Crippen LogP) is 2.91. The molecule has 0 aromatic heterocycles. The Morgan fingerprint density at radius 1 is 1.14 bits per heavy atom. The molecule has 0 aliphatic heterocycles. The molecule has 0 bridgehead atoms. The smallest absolute Gasteiger partial charge is 0.0471 e. The summed E-state index contributed by atoms with van der Waals surface area (Å²) in [5.74, 6) is 0. The maximum absolute atomic E-state index is 8.80. The summed E-state index contributed by atoms with van der Waals surface area (Å²) in [5.41, 5.74) is 2.85. The number of aliphatic hydroxyl groups excluding tert-OH is 1. The van der Waals surface area contributed by atoms with Crippen LogP contribution < -0.4 is 0 Å². The topological polar surface area (TPSA) is 20.2 Å². The van der Waals surface area contributed by atoms with Gasteiger partial charge in [-0.3, -0.25) is 0 Å². The lowest BCUT2D eigenvalue weighted by Crippen LogP contribution is -2.15. The normalized spacial score (nSPS) is 11.7. The van der Waals surface area contributed by atoms with Gasteiger partial charge in [0.15, 0.2) is 0 Å². The first-order chi connectivity index (χ1) is 6.60. The summed E-state index contributed by atoms with van der Waals surface area (Å²) in [5, 5.41) is 8.80. The van der Waals surface area contributed by atoms with Crippen molar-refractivity contribution < 1.29 is 5.11 Å². The zero-order valence-corrected chi connectivity index (χ0v) is 9.38. The highest BCUT2D eigenvalue weighted by Gasteiger charge is 2.17. The highest BCUT2D eigenvalue weighted by molar-refractivity contribution is 5.28. The fourth-order valence-corrected chi connectivity index (χ4v) is 1.46. The van der Waals surface area contributed by atoms with Crippen molar-refractivity contribution in [2.24, 2.45) is 0 Å². The molecule has 1 rings (SSSR count). The summed E-state index contributed by atoms with van der Waals surface area (Å²) in [6.07, 6.45) is 1.90. The van der Waals surface area contributed by atoms with E-state index in [-0.39, 0.29) is 12.0 Å². The molecule has 1 heteroatoms. The van der Waals surface area contributed by atoms with Gasteiger partial charge in [0.1, 0.15) is 0 Å². The molecular weight excluding hydrogens is 172 g/mol. The number of hydrogen-bond donors (Lipinski definition) is 1. The van der Waals surface area contributed by atoms with Crippen molar-refractivity contribution >= 4 is 0 Å². The molecule has 78 valence electrons. The van der Waals surface area contributed by atoms with Crippen molar-refractivity contribution in [1.82, 2.24) is 0 Å². The zero-order valence-electron chi connectivity index (χ0n) is 9.38. The van der Waals surface area contributed by atoms with Gasteiger partial charge in [0, 0.05) is 6.61 Å². The van der Waals surface area contributed by atoms with Gasteiger partial charge in [-0.05, 0) is 29.4 Å². The van der Waals surface area contributed by atoms with Gasteiger partial charge in [0.05, 0.1) is 0 Å². The van der Waals surface area contributed by atoms with Crippen molar-refractivity contribution in [2.45, 2.75) is 39.0 Å². The Balaban J connectivity index is 2.82. The van der Waals surface area contributed by atoms with Gasteiger partial charge in [-0.15, -0.1) is 0 Å². The largest absolute Gasteiger partial charge is 0.396 e. The Morgan fingerprint density at radius 2 is 1.71 bits per heavy atom. The second-order valence-electron chi connectivity index (χ2n) is 4.41. The molecule has 14 heavy (non-hydrogen) atoms. The van der Waals surface area contributed by atoms with Crippen LogP contribution in [0.4, 0.5) is 0 Å². The van der Waals surface area contributed by atoms with Crippen LogP contribution >= 0.6 is 0 Å². The van der Waals surface area contributed by atoms with E-state index < -0.39 is 0 Å². The minimum atomic E-state index is 0.233. The fourth-order valence-electron chi connectivity index (χ4n) is 1.46. The zero-order chi connectivity index (χ0) is 10.6. The molecule has 0 aliphatic rings. The van der Waals surface area contributed by atoms with Gasteiger partial charge in [-0.2, -0.15) is 0 Å². The molecule has 0 atom stereocenters. The predicted molar refractivity (Wildman–Crippen MR) is 60.5 cm³/mol. The van der Waals surface area contributed by atoms with Crippen molar-refractivity contribution in [1.29, 1.82) is 0 Å². The van der Waals surface area contributed by atoms with E-state index in [2.05, 4.69) is 45.0 Å². The Morgan fingerprint density at radius 3 is 2.14 bits per heavy atom. The number of benzene rings is 1. The molecule has 0 heterocycles. The van der Waals surface area contributed by atoms with Crippen LogP contribution in [0, 0.1) is 0 Å². The van der Waals surface area contributed by atoms with Crippen LogP contribution in [0.15, 0.2) is 24.3 Å². The van der Waals surface area contributed by atoms with E-state index in [1.807, 2.05) is 0 Å². The molecule has 1 nitrogen and oxygen atoms in total. The molecule has 0 spiro atoms. The first-order valence-corrected chi connectivity index (χ1v) is 5.30. The lowest BCUT2D eigenvalue weighted by atomic mass is 9.82. The van der Waals surface area contributed by atoms with Crippen LogP contribution in [0.2, 0.25) is 0 Å². The third-order valence-corrected chi connectivity index (χ3v) is 3.02.